The summed E-state index contributed by atoms with van der Waals surface area (Å²) in [4.78, 5) is 29.9. The van der Waals surface area contributed by atoms with Crippen LogP contribution >= 0.6 is 11.3 Å². The molecule has 7 heteroatoms. The van der Waals surface area contributed by atoms with Crippen molar-refractivity contribution >= 4 is 28.3 Å². The van der Waals surface area contributed by atoms with Gasteiger partial charge in [-0.1, -0.05) is 18.2 Å². The number of carbonyl (C=O) groups is 2. The summed E-state index contributed by atoms with van der Waals surface area (Å²) in [6.07, 6.45) is 3.08. The number of halogens is 1. The molecule has 2 aromatic rings. The summed E-state index contributed by atoms with van der Waals surface area (Å²) < 4.78 is 13.5. The number of aryl methyl sites for hydroxylation is 1. The first-order valence-electron chi connectivity index (χ1n) is 7.86. The lowest BCUT2D eigenvalue weighted by molar-refractivity contribution is -0.126. The minimum Gasteiger partial charge on any atom is -0.356 e. The summed E-state index contributed by atoms with van der Waals surface area (Å²) >= 11 is 1.38. The van der Waals surface area contributed by atoms with Crippen LogP contribution in [0.25, 0.3) is 0 Å². The Labute approximate surface area is 143 Å². The van der Waals surface area contributed by atoms with Crippen molar-refractivity contribution in [2.75, 3.05) is 18.0 Å². The summed E-state index contributed by atoms with van der Waals surface area (Å²) in [5.74, 6) is -0.772. The largest absolute Gasteiger partial charge is 0.356 e. The van der Waals surface area contributed by atoms with E-state index in [9.17, 15) is 14.0 Å². The van der Waals surface area contributed by atoms with Gasteiger partial charge >= 0.3 is 0 Å². The van der Waals surface area contributed by atoms with Crippen LogP contribution in [0.4, 0.5) is 9.52 Å². The lowest BCUT2D eigenvalue weighted by Gasteiger charge is -2.13. The highest BCUT2D eigenvalue weighted by atomic mass is 32.1. The molecule has 0 bridgehead atoms. The lowest BCUT2D eigenvalue weighted by Crippen LogP contribution is -2.33. The number of aromatic nitrogens is 1. The quantitative estimate of drug-likeness (QED) is 0.816. The maximum atomic E-state index is 13.5. The first kappa shape index (κ1) is 16.6. The Morgan fingerprint density at radius 2 is 2.25 bits per heavy atom. The van der Waals surface area contributed by atoms with E-state index >= 15 is 0 Å². The SMILES string of the molecule is O=C(NCCCc1ccccc1F)C1CC(=O)N(c2nccs2)C1. The Morgan fingerprint density at radius 3 is 3.00 bits per heavy atom. The van der Waals surface area contributed by atoms with Crippen molar-refractivity contribution < 1.29 is 14.0 Å². The van der Waals surface area contributed by atoms with E-state index in [4.69, 9.17) is 0 Å². The number of carbonyl (C=O) groups excluding carboxylic acids is 2. The molecule has 0 spiro atoms. The Hall–Kier alpha value is -2.28. The molecule has 0 radical (unpaired) electrons. The molecular weight excluding hydrogens is 329 g/mol. The van der Waals surface area contributed by atoms with Gasteiger partial charge in [-0.15, -0.1) is 11.3 Å². The third-order valence-corrected chi connectivity index (χ3v) is 4.82. The zero-order valence-corrected chi connectivity index (χ0v) is 13.9. The molecule has 24 heavy (non-hydrogen) atoms. The molecule has 3 rings (SSSR count). The number of amides is 2. The average molecular weight is 347 g/mol. The zero-order valence-electron chi connectivity index (χ0n) is 13.1. The number of anilines is 1. The van der Waals surface area contributed by atoms with Crippen LogP contribution in [0, 0.1) is 11.7 Å². The van der Waals surface area contributed by atoms with Crippen molar-refractivity contribution in [3.8, 4) is 0 Å². The van der Waals surface area contributed by atoms with Crippen molar-refractivity contribution in [1.82, 2.24) is 10.3 Å². The van der Waals surface area contributed by atoms with Gasteiger partial charge in [0.25, 0.3) is 0 Å². The summed E-state index contributed by atoms with van der Waals surface area (Å²) in [7, 11) is 0. The Balaban J connectivity index is 1.44. The summed E-state index contributed by atoms with van der Waals surface area (Å²) in [6, 6.07) is 6.64. The molecule has 2 heterocycles. The van der Waals surface area contributed by atoms with E-state index in [1.807, 2.05) is 0 Å². The molecule has 126 valence electrons. The van der Waals surface area contributed by atoms with E-state index in [2.05, 4.69) is 10.3 Å². The molecule has 1 atom stereocenters. The standard InChI is InChI=1S/C17H18FN3O2S/c18-14-6-2-1-4-12(14)5-3-7-19-16(23)13-10-15(22)21(11-13)17-20-8-9-24-17/h1-2,4,6,8-9,13H,3,5,7,10-11H2,(H,19,23). The summed E-state index contributed by atoms with van der Waals surface area (Å²) in [5.41, 5.74) is 0.651. The number of nitrogens with zero attached hydrogens (tertiary/aromatic N) is 2. The number of hydrogen-bond acceptors (Lipinski definition) is 4. The maximum Gasteiger partial charge on any atom is 0.229 e. The molecule has 0 aliphatic carbocycles. The van der Waals surface area contributed by atoms with E-state index in [-0.39, 0.29) is 30.0 Å². The van der Waals surface area contributed by atoms with Gasteiger partial charge in [0.15, 0.2) is 5.13 Å². The summed E-state index contributed by atoms with van der Waals surface area (Å²) in [6.45, 7) is 0.834. The Morgan fingerprint density at radius 1 is 1.42 bits per heavy atom. The van der Waals surface area contributed by atoms with Gasteiger partial charge in [-0.3, -0.25) is 14.5 Å². The van der Waals surface area contributed by atoms with Gasteiger partial charge in [0, 0.05) is 31.1 Å². The van der Waals surface area contributed by atoms with Crippen LogP contribution in [-0.2, 0) is 16.0 Å². The Kier molecular flexibility index (Phi) is 5.20. The number of benzene rings is 1. The molecule has 1 fully saturated rings. The van der Waals surface area contributed by atoms with E-state index in [0.29, 0.717) is 36.6 Å². The van der Waals surface area contributed by atoms with Crippen LogP contribution in [0.5, 0.6) is 0 Å². The molecular formula is C17H18FN3O2S. The number of rotatable bonds is 6. The molecule has 1 saturated heterocycles. The molecule has 1 aromatic carbocycles. The second-order valence-electron chi connectivity index (χ2n) is 5.71. The predicted octanol–water partition coefficient (Wildman–Crippen LogP) is 2.38. The van der Waals surface area contributed by atoms with E-state index in [0.717, 1.165) is 0 Å². The summed E-state index contributed by atoms with van der Waals surface area (Å²) in [5, 5.41) is 5.28. The van der Waals surface area contributed by atoms with Crippen molar-refractivity contribution in [2.24, 2.45) is 5.92 Å². The first-order chi connectivity index (χ1) is 11.6. The van der Waals surface area contributed by atoms with Gasteiger partial charge in [0.05, 0.1) is 5.92 Å². The predicted molar refractivity (Wildman–Crippen MR) is 90.3 cm³/mol. The highest BCUT2D eigenvalue weighted by Crippen LogP contribution is 2.26. The monoisotopic (exact) mass is 347 g/mol. The van der Waals surface area contributed by atoms with Gasteiger partial charge in [0.2, 0.25) is 11.8 Å². The van der Waals surface area contributed by atoms with Gasteiger partial charge in [-0.2, -0.15) is 0 Å². The Bertz CT molecular complexity index is 720. The highest BCUT2D eigenvalue weighted by Gasteiger charge is 2.35. The van der Waals surface area contributed by atoms with Gasteiger partial charge in [-0.25, -0.2) is 9.37 Å². The number of nitrogens with one attached hydrogen (secondary N) is 1. The first-order valence-corrected chi connectivity index (χ1v) is 8.74. The smallest absolute Gasteiger partial charge is 0.229 e. The molecule has 1 aliphatic rings. The van der Waals surface area contributed by atoms with Gasteiger partial charge in [0.1, 0.15) is 5.82 Å². The second-order valence-corrected chi connectivity index (χ2v) is 6.58. The molecule has 2 amide bonds. The maximum absolute atomic E-state index is 13.5. The fraction of sp³-hybridized carbons (Fsp3) is 0.353. The molecule has 1 N–H and O–H groups in total. The molecule has 1 unspecified atom stereocenters. The average Bonchev–Trinajstić information content (AvgIpc) is 3.22. The van der Waals surface area contributed by atoms with Crippen LogP contribution in [0.3, 0.4) is 0 Å². The van der Waals surface area contributed by atoms with Crippen molar-refractivity contribution in [3.05, 3.63) is 47.2 Å². The second kappa shape index (κ2) is 7.53. The van der Waals surface area contributed by atoms with Crippen LogP contribution < -0.4 is 10.2 Å². The van der Waals surface area contributed by atoms with Crippen LogP contribution in [0.2, 0.25) is 0 Å². The van der Waals surface area contributed by atoms with E-state index < -0.39 is 0 Å². The third-order valence-electron chi connectivity index (χ3n) is 4.03. The van der Waals surface area contributed by atoms with Crippen LogP contribution in [-0.4, -0.2) is 29.9 Å². The van der Waals surface area contributed by atoms with Crippen molar-refractivity contribution in [2.45, 2.75) is 19.3 Å². The van der Waals surface area contributed by atoms with E-state index in [1.54, 1.807) is 34.7 Å². The molecule has 1 aromatic heterocycles. The molecule has 5 nitrogen and oxygen atoms in total. The topological polar surface area (TPSA) is 62.3 Å². The fourth-order valence-electron chi connectivity index (χ4n) is 2.75. The normalized spacial score (nSPS) is 17.3. The minimum atomic E-state index is -0.352. The zero-order chi connectivity index (χ0) is 16.9. The highest BCUT2D eigenvalue weighted by molar-refractivity contribution is 7.13. The molecule has 1 aliphatic heterocycles. The van der Waals surface area contributed by atoms with Crippen LogP contribution in [0.15, 0.2) is 35.8 Å². The van der Waals surface area contributed by atoms with Crippen molar-refractivity contribution in [3.63, 3.8) is 0 Å². The lowest BCUT2D eigenvalue weighted by atomic mass is 10.1. The number of hydrogen-bond donors (Lipinski definition) is 1. The van der Waals surface area contributed by atoms with Gasteiger partial charge < -0.3 is 5.32 Å². The van der Waals surface area contributed by atoms with E-state index in [1.165, 1.54) is 17.4 Å². The minimum absolute atomic E-state index is 0.0727. The number of thiazole rings is 1. The molecule has 0 saturated carbocycles. The van der Waals surface area contributed by atoms with Crippen LogP contribution in [0.1, 0.15) is 18.4 Å². The van der Waals surface area contributed by atoms with Gasteiger partial charge in [-0.05, 0) is 24.5 Å². The fourth-order valence-corrected chi connectivity index (χ4v) is 3.42. The third kappa shape index (κ3) is 3.79. The van der Waals surface area contributed by atoms with Crippen molar-refractivity contribution in [1.29, 1.82) is 0 Å².